The molecule has 80 heavy (non-hydrogen) atoms. The molecule has 0 unspecified atom stereocenters. The molecule has 0 saturated carbocycles. The Labute approximate surface area is 467 Å². The first kappa shape index (κ1) is 44.1. The van der Waals surface area contributed by atoms with Crippen LogP contribution in [0.3, 0.4) is 0 Å². The van der Waals surface area contributed by atoms with Gasteiger partial charge in [0, 0.05) is 140 Å². The van der Waals surface area contributed by atoms with Gasteiger partial charge in [-0.05, 0) is 66.7 Å². The number of aromatic nitrogens is 5. The Morgan fingerprint density at radius 3 is 1.00 bits per heavy atom. The fourth-order valence-electron chi connectivity index (χ4n) is 13.5. The molecule has 8 heterocycles. The van der Waals surface area contributed by atoms with Crippen molar-refractivity contribution in [3.63, 3.8) is 0 Å². The molecule has 0 aliphatic heterocycles. The molecule has 18 aromatic rings. The Bertz CT molecular complexity index is 5490. The Morgan fingerprint density at radius 1 is 0.312 bits per heavy atom. The SMILES string of the molecule is N#Cc1c(-n2c3ccccc3c3c4sc5ccccc5c4ccc32)c(-c2cccnc2)c(-n2c3ccccc3c3c4sc5ccccc5c4ccc32)c(-c2cccnc2)c1-n1c2ccccc2c2c3sc4ccccc4c3ccc21. The smallest absolute Gasteiger partial charge is 0.104 e. The molecule has 370 valence electrons. The zero-order valence-corrected chi connectivity index (χ0v) is 44.8. The second-order valence-corrected chi connectivity index (χ2v) is 23.8. The number of nitrogens with zero attached hydrogens (tertiary/aromatic N) is 6. The number of hydrogen-bond donors (Lipinski definition) is 0. The number of fused-ring (bicyclic) bond motifs is 21. The largest absolute Gasteiger partial charge is 0.308 e. The predicted octanol–water partition coefficient (Wildman–Crippen LogP) is 20.1. The van der Waals surface area contributed by atoms with Crippen molar-refractivity contribution in [2.24, 2.45) is 0 Å². The van der Waals surface area contributed by atoms with Gasteiger partial charge in [-0.2, -0.15) is 5.26 Å². The summed E-state index contributed by atoms with van der Waals surface area (Å²) in [7, 11) is 0. The number of rotatable bonds is 5. The van der Waals surface area contributed by atoms with Crippen molar-refractivity contribution in [2.45, 2.75) is 0 Å². The number of thiophene rings is 3. The highest BCUT2D eigenvalue weighted by atomic mass is 32.1. The Hall–Kier alpha value is -9.95. The van der Waals surface area contributed by atoms with Gasteiger partial charge in [-0.3, -0.25) is 9.97 Å². The van der Waals surface area contributed by atoms with Crippen molar-refractivity contribution in [3.05, 3.63) is 237 Å². The zero-order chi connectivity index (χ0) is 52.3. The van der Waals surface area contributed by atoms with Crippen LogP contribution in [0.5, 0.6) is 0 Å². The van der Waals surface area contributed by atoms with Crippen LogP contribution in [0.4, 0.5) is 0 Å². The van der Waals surface area contributed by atoms with Crippen LogP contribution in [0.1, 0.15) is 5.56 Å². The molecule has 0 amide bonds. The summed E-state index contributed by atoms with van der Waals surface area (Å²) in [4.78, 5) is 9.86. The van der Waals surface area contributed by atoms with Crippen LogP contribution in [0.15, 0.2) is 231 Å². The van der Waals surface area contributed by atoms with Crippen LogP contribution >= 0.6 is 34.0 Å². The lowest BCUT2D eigenvalue weighted by molar-refractivity contribution is 1.09. The monoisotopic (exact) mass is 1070 g/mol. The lowest BCUT2D eigenvalue weighted by Gasteiger charge is -2.28. The molecule has 0 bridgehead atoms. The minimum absolute atomic E-state index is 0.525. The highest BCUT2D eigenvalue weighted by molar-refractivity contribution is 7.27. The van der Waals surface area contributed by atoms with E-state index in [2.05, 4.69) is 214 Å². The van der Waals surface area contributed by atoms with Gasteiger partial charge >= 0.3 is 0 Å². The summed E-state index contributed by atoms with van der Waals surface area (Å²) in [5.74, 6) is 0. The maximum Gasteiger partial charge on any atom is 0.104 e. The average Bonchev–Trinajstić information content (AvgIpc) is 4.43. The van der Waals surface area contributed by atoms with Crippen molar-refractivity contribution in [3.8, 4) is 45.4 Å². The Balaban J connectivity index is 1.13. The summed E-state index contributed by atoms with van der Waals surface area (Å²) < 4.78 is 14.7. The lowest BCUT2D eigenvalue weighted by atomic mass is 9.89. The zero-order valence-electron chi connectivity index (χ0n) is 42.3. The molecule has 0 aliphatic rings. The van der Waals surface area contributed by atoms with Crippen LogP contribution < -0.4 is 0 Å². The molecule has 8 aromatic heterocycles. The first-order valence-electron chi connectivity index (χ1n) is 26.7. The molecule has 9 heteroatoms. The highest BCUT2D eigenvalue weighted by Gasteiger charge is 2.35. The second kappa shape index (κ2) is 16.5. The normalized spacial score (nSPS) is 12.2. The quantitative estimate of drug-likeness (QED) is 0.172. The third kappa shape index (κ3) is 5.83. The fourth-order valence-corrected chi connectivity index (χ4v) is 17.3. The Morgan fingerprint density at radius 2 is 0.650 bits per heavy atom. The summed E-state index contributed by atoms with van der Waals surface area (Å²) in [6.07, 6.45) is 7.64. The fraction of sp³-hybridized carbons (Fsp3) is 0. The van der Waals surface area contributed by atoms with Crippen LogP contribution in [-0.4, -0.2) is 23.7 Å². The first-order chi connectivity index (χ1) is 39.7. The van der Waals surface area contributed by atoms with Crippen molar-refractivity contribution in [1.82, 2.24) is 23.7 Å². The average molecular weight is 1070 g/mol. The van der Waals surface area contributed by atoms with Crippen molar-refractivity contribution in [1.29, 1.82) is 5.26 Å². The summed E-state index contributed by atoms with van der Waals surface area (Å²) in [5.41, 5.74) is 12.6. The van der Waals surface area contributed by atoms with E-state index in [0.29, 0.717) is 5.56 Å². The minimum Gasteiger partial charge on any atom is -0.308 e. The summed E-state index contributed by atoms with van der Waals surface area (Å²) in [5, 5.41) is 27.1. The van der Waals surface area contributed by atoms with Gasteiger partial charge in [0.25, 0.3) is 0 Å². The van der Waals surface area contributed by atoms with Crippen LogP contribution in [0.25, 0.3) is 165 Å². The van der Waals surface area contributed by atoms with E-state index in [-0.39, 0.29) is 0 Å². The van der Waals surface area contributed by atoms with E-state index >= 15 is 0 Å². The van der Waals surface area contributed by atoms with Gasteiger partial charge in [0.2, 0.25) is 0 Å². The maximum atomic E-state index is 12.8. The molecular formula is C71H38N6S3. The van der Waals surface area contributed by atoms with E-state index in [1.165, 1.54) is 65.9 Å². The molecule has 6 nitrogen and oxygen atoms in total. The number of para-hydroxylation sites is 3. The molecule has 10 aromatic carbocycles. The molecule has 0 aliphatic carbocycles. The van der Waals surface area contributed by atoms with Gasteiger partial charge < -0.3 is 13.7 Å². The Kier molecular flexibility index (Phi) is 9.11. The molecular weight excluding hydrogens is 1030 g/mol. The van der Waals surface area contributed by atoms with E-state index in [0.717, 1.165) is 99.3 Å². The molecule has 0 fully saturated rings. The maximum absolute atomic E-state index is 12.8. The van der Waals surface area contributed by atoms with Gasteiger partial charge in [0.05, 0.1) is 50.2 Å². The minimum atomic E-state index is 0.525. The van der Waals surface area contributed by atoms with Gasteiger partial charge in [0.1, 0.15) is 11.6 Å². The topological polar surface area (TPSA) is 64.4 Å². The standard InChI is InChI=1S/C71H38N6S3/c72-37-51-66(75-52-23-7-1-20-48(52)63-55(75)32-29-45-42-17-4-10-26-58(42)78-69(45)63)61(40-15-13-35-73-38-40)68(77-54-25-9-3-22-50(54)65-57(77)34-31-47-44-19-6-12-28-60(44)80-71(47)65)62(41-16-14-36-74-39-41)67(51)76-53-24-8-2-21-49(53)64-56(76)33-30-46-43-18-5-11-27-59(43)79-70(46)64/h1-36,38-39H. The third-order valence-electron chi connectivity index (χ3n) is 16.6. The van der Waals surface area contributed by atoms with E-state index < -0.39 is 0 Å². The second-order valence-electron chi connectivity index (χ2n) is 20.6. The first-order valence-corrected chi connectivity index (χ1v) is 29.1. The van der Waals surface area contributed by atoms with Crippen molar-refractivity contribution >= 4 is 160 Å². The highest BCUT2D eigenvalue weighted by Crippen LogP contribution is 2.54. The molecule has 0 radical (unpaired) electrons. The molecule has 0 N–H and O–H groups in total. The number of pyridine rings is 2. The summed E-state index contributed by atoms with van der Waals surface area (Å²) in [6.45, 7) is 0. The van der Waals surface area contributed by atoms with E-state index in [1.807, 2.05) is 70.9 Å². The van der Waals surface area contributed by atoms with E-state index in [1.54, 1.807) is 0 Å². The molecule has 18 rings (SSSR count). The molecule has 0 spiro atoms. The van der Waals surface area contributed by atoms with E-state index in [4.69, 9.17) is 9.97 Å². The number of benzene rings is 10. The van der Waals surface area contributed by atoms with Gasteiger partial charge in [-0.15, -0.1) is 34.0 Å². The van der Waals surface area contributed by atoms with Gasteiger partial charge in [-0.25, -0.2) is 0 Å². The van der Waals surface area contributed by atoms with Crippen molar-refractivity contribution < 1.29 is 0 Å². The van der Waals surface area contributed by atoms with Crippen molar-refractivity contribution in [2.75, 3.05) is 0 Å². The lowest BCUT2D eigenvalue weighted by Crippen LogP contribution is -2.13. The van der Waals surface area contributed by atoms with Crippen LogP contribution in [-0.2, 0) is 0 Å². The van der Waals surface area contributed by atoms with E-state index in [9.17, 15) is 5.26 Å². The third-order valence-corrected chi connectivity index (χ3v) is 20.3. The number of nitriles is 1. The molecule has 0 atom stereocenters. The van der Waals surface area contributed by atoms with Gasteiger partial charge in [-0.1, -0.05) is 140 Å². The van der Waals surface area contributed by atoms with Gasteiger partial charge in [0.15, 0.2) is 0 Å². The van der Waals surface area contributed by atoms with Crippen LogP contribution in [0, 0.1) is 11.3 Å². The molecule has 0 saturated heterocycles. The summed E-state index contributed by atoms with van der Waals surface area (Å²) >= 11 is 5.52. The predicted molar refractivity (Wildman–Crippen MR) is 339 cm³/mol. The summed E-state index contributed by atoms with van der Waals surface area (Å²) in [6, 6.07) is 77.8. The van der Waals surface area contributed by atoms with Crippen LogP contribution in [0.2, 0.25) is 0 Å². The number of hydrogen-bond acceptors (Lipinski definition) is 6.